The van der Waals surface area contributed by atoms with E-state index < -0.39 is 0 Å². The number of rotatable bonds is 19. The number of hydrogen-bond donors (Lipinski definition) is 1. The maximum Gasteiger partial charge on any atom is 0.407 e. The van der Waals surface area contributed by atoms with Crippen LogP contribution in [0.3, 0.4) is 0 Å². The van der Waals surface area contributed by atoms with Crippen molar-refractivity contribution in [3.63, 3.8) is 0 Å². The molecule has 1 N–H and O–H groups in total. The highest BCUT2D eigenvalue weighted by Gasteiger charge is 2.54. The molecule has 1 amide bonds. The van der Waals surface area contributed by atoms with E-state index in [0.717, 1.165) is 94.5 Å². The summed E-state index contributed by atoms with van der Waals surface area (Å²) < 4.78 is 5.44. The van der Waals surface area contributed by atoms with Gasteiger partial charge in [-0.25, -0.2) is 4.79 Å². The summed E-state index contributed by atoms with van der Waals surface area (Å²) in [6.45, 7) is 13.0. The van der Waals surface area contributed by atoms with Gasteiger partial charge in [0.15, 0.2) is 5.78 Å². The molecular formula is C44H68N2O3. The number of benzene rings is 1. The topological polar surface area (TPSA) is 58.6 Å². The van der Waals surface area contributed by atoms with Crippen molar-refractivity contribution in [2.45, 2.75) is 150 Å². The van der Waals surface area contributed by atoms with Gasteiger partial charge in [-0.2, -0.15) is 0 Å². The smallest absolute Gasteiger partial charge is 0.407 e. The van der Waals surface area contributed by atoms with Gasteiger partial charge in [-0.1, -0.05) is 83.9 Å². The van der Waals surface area contributed by atoms with Crippen molar-refractivity contribution in [1.82, 2.24) is 5.32 Å². The number of amides is 1. The standard InChI is InChI=1S/C44H68N2O3/c1-5-28-46(29-6-2)37-21-18-34(19-22-37)15-14-27-45-43(48)49-30-13-11-9-7-8-10-12-16-36-32-44(4)33(3)17-26-41(44)40-24-20-35-31-38(47)23-25-39(35)42(36)40/h18-19,21-22,31,33,36,40-41H,5-17,20,23-30,32H2,1-4H3,(H,45,48)/t33-,36-,40?,41?,44+/m0/s1. The van der Waals surface area contributed by atoms with E-state index in [2.05, 4.69) is 62.2 Å². The Morgan fingerprint density at radius 2 is 1.61 bits per heavy atom. The fourth-order valence-electron chi connectivity index (χ4n) is 10.2. The van der Waals surface area contributed by atoms with Crippen LogP contribution in [0.15, 0.2) is 47.1 Å². The van der Waals surface area contributed by atoms with Crippen molar-refractivity contribution in [1.29, 1.82) is 0 Å². The van der Waals surface area contributed by atoms with Gasteiger partial charge in [0.25, 0.3) is 0 Å². The lowest BCUT2D eigenvalue weighted by molar-refractivity contribution is -0.114. The fraction of sp³-hybridized carbons (Fsp3) is 0.727. The zero-order chi connectivity index (χ0) is 34.6. The molecule has 5 atom stereocenters. The summed E-state index contributed by atoms with van der Waals surface area (Å²) in [5, 5.41) is 2.93. The second kappa shape index (κ2) is 18.6. The van der Waals surface area contributed by atoms with E-state index in [-0.39, 0.29) is 6.09 Å². The zero-order valence-corrected chi connectivity index (χ0v) is 31.6. The molecule has 0 spiro atoms. The first-order chi connectivity index (χ1) is 23.8. The van der Waals surface area contributed by atoms with Crippen molar-refractivity contribution < 1.29 is 14.3 Å². The van der Waals surface area contributed by atoms with Gasteiger partial charge < -0.3 is 15.0 Å². The highest BCUT2D eigenvalue weighted by atomic mass is 16.5. The number of nitrogens with one attached hydrogen (secondary N) is 1. The molecule has 4 aliphatic rings. The minimum atomic E-state index is -0.279. The minimum Gasteiger partial charge on any atom is -0.450 e. The molecule has 2 saturated carbocycles. The summed E-state index contributed by atoms with van der Waals surface area (Å²) in [5.41, 5.74) is 7.97. The summed E-state index contributed by atoms with van der Waals surface area (Å²) >= 11 is 0. The van der Waals surface area contributed by atoms with Crippen LogP contribution in [0.4, 0.5) is 10.5 Å². The predicted octanol–water partition coefficient (Wildman–Crippen LogP) is 11.2. The van der Waals surface area contributed by atoms with E-state index in [1.165, 1.54) is 81.0 Å². The number of alkyl carbamates (subject to hydrolysis) is 1. The SMILES string of the molecule is CCCN(CCC)c1ccc(CCCNC(=O)OCCCCCCCCC[C@H]2C[C@@]3(C)C(CC[C@@H]3C)C3CCC4=CC(=O)CCC4=C32)cc1. The Balaban J connectivity index is 0.922. The van der Waals surface area contributed by atoms with E-state index in [4.69, 9.17) is 4.74 Å². The third-order valence-corrected chi connectivity index (χ3v) is 12.9. The molecular weight excluding hydrogens is 604 g/mol. The summed E-state index contributed by atoms with van der Waals surface area (Å²) in [7, 11) is 0. The maximum atomic E-state index is 12.2. The molecule has 2 fully saturated rings. The number of carbonyl (C=O) groups excluding carboxylic acids is 2. The average Bonchev–Trinajstić information content (AvgIpc) is 3.40. The summed E-state index contributed by atoms with van der Waals surface area (Å²) in [6, 6.07) is 8.93. The van der Waals surface area contributed by atoms with Gasteiger partial charge in [-0.15, -0.1) is 0 Å². The average molecular weight is 673 g/mol. The number of unbranched alkanes of at least 4 members (excludes halogenated alkanes) is 6. The number of carbonyl (C=O) groups is 2. The highest BCUT2D eigenvalue weighted by Crippen LogP contribution is 2.64. The Labute approximate surface area is 299 Å². The molecule has 0 radical (unpaired) electrons. The highest BCUT2D eigenvalue weighted by molar-refractivity contribution is 5.93. The molecule has 1 aromatic rings. The van der Waals surface area contributed by atoms with Crippen molar-refractivity contribution in [2.75, 3.05) is 31.1 Å². The molecule has 0 saturated heterocycles. The largest absolute Gasteiger partial charge is 0.450 e. The number of allylic oxidation sites excluding steroid dienone is 4. The number of ketones is 1. The molecule has 0 heterocycles. The van der Waals surface area contributed by atoms with Gasteiger partial charge in [0.2, 0.25) is 0 Å². The van der Waals surface area contributed by atoms with E-state index in [1.807, 2.05) is 11.6 Å². The van der Waals surface area contributed by atoms with Crippen molar-refractivity contribution in [2.24, 2.45) is 29.1 Å². The van der Waals surface area contributed by atoms with E-state index in [1.54, 1.807) is 5.57 Å². The monoisotopic (exact) mass is 673 g/mol. The first kappa shape index (κ1) is 37.7. The van der Waals surface area contributed by atoms with Crippen LogP contribution in [0, 0.1) is 29.1 Å². The molecule has 49 heavy (non-hydrogen) atoms. The Hall–Kier alpha value is -2.56. The zero-order valence-electron chi connectivity index (χ0n) is 31.6. The number of aryl methyl sites for hydroxylation is 1. The van der Waals surface area contributed by atoms with Crippen LogP contribution in [-0.2, 0) is 16.0 Å². The van der Waals surface area contributed by atoms with Crippen molar-refractivity contribution in [3.8, 4) is 0 Å². The second-order valence-corrected chi connectivity index (χ2v) is 16.3. The Morgan fingerprint density at radius 1 is 0.898 bits per heavy atom. The minimum absolute atomic E-state index is 0.279. The van der Waals surface area contributed by atoms with E-state index >= 15 is 0 Å². The number of ether oxygens (including phenoxy) is 1. The Bertz CT molecular complexity index is 1280. The molecule has 0 bridgehead atoms. The molecule has 5 nitrogen and oxygen atoms in total. The molecule has 0 aliphatic heterocycles. The van der Waals surface area contributed by atoms with Crippen LogP contribution in [-0.4, -0.2) is 38.1 Å². The van der Waals surface area contributed by atoms with Crippen LogP contribution < -0.4 is 10.2 Å². The van der Waals surface area contributed by atoms with Gasteiger partial charge in [0.1, 0.15) is 0 Å². The van der Waals surface area contributed by atoms with Crippen LogP contribution >= 0.6 is 0 Å². The van der Waals surface area contributed by atoms with Crippen LogP contribution in [0.1, 0.15) is 149 Å². The van der Waals surface area contributed by atoms with Crippen molar-refractivity contribution in [3.05, 3.63) is 52.6 Å². The van der Waals surface area contributed by atoms with Gasteiger partial charge >= 0.3 is 6.09 Å². The maximum absolute atomic E-state index is 12.2. The van der Waals surface area contributed by atoms with Gasteiger partial charge in [-0.3, -0.25) is 4.79 Å². The summed E-state index contributed by atoms with van der Waals surface area (Å²) in [6.07, 6.45) is 24.1. The van der Waals surface area contributed by atoms with E-state index in [0.29, 0.717) is 24.3 Å². The molecule has 2 unspecified atom stereocenters. The number of anilines is 1. The Kier molecular flexibility index (Phi) is 14.3. The quantitative estimate of drug-likeness (QED) is 0.149. The third-order valence-electron chi connectivity index (χ3n) is 12.9. The summed E-state index contributed by atoms with van der Waals surface area (Å²) in [5.74, 6) is 3.54. The number of fused-ring (bicyclic) bond motifs is 4. The molecule has 5 rings (SSSR count). The number of nitrogens with zero attached hydrogens (tertiary/aromatic N) is 1. The van der Waals surface area contributed by atoms with Crippen LogP contribution in [0.5, 0.6) is 0 Å². The number of hydrogen-bond acceptors (Lipinski definition) is 4. The molecule has 1 aromatic carbocycles. The predicted molar refractivity (Wildman–Crippen MR) is 204 cm³/mol. The van der Waals surface area contributed by atoms with Crippen molar-refractivity contribution >= 4 is 17.6 Å². The molecule has 272 valence electrons. The first-order valence-electron chi connectivity index (χ1n) is 20.5. The van der Waals surface area contributed by atoms with Gasteiger partial charge in [0, 0.05) is 31.7 Å². The van der Waals surface area contributed by atoms with Gasteiger partial charge in [0.05, 0.1) is 6.61 Å². The lowest BCUT2D eigenvalue weighted by Gasteiger charge is -2.52. The van der Waals surface area contributed by atoms with Crippen LogP contribution in [0.2, 0.25) is 0 Å². The molecule has 5 heteroatoms. The lowest BCUT2D eigenvalue weighted by Crippen LogP contribution is -2.43. The summed E-state index contributed by atoms with van der Waals surface area (Å²) in [4.78, 5) is 26.8. The lowest BCUT2D eigenvalue weighted by atomic mass is 9.52. The molecule has 0 aromatic heterocycles. The fourth-order valence-corrected chi connectivity index (χ4v) is 10.2. The first-order valence-corrected chi connectivity index (χ1v) is 20.5. The molecule has 4 aliphatic carbocycles. The van der Waals surface area contributed by atoms with Gasteiger partial charge in [-0.05, 0) is 141 Å². The van der Waals surface area contributed by atoms with Crippen LogP contribution in [0.25, 0.3) is 0 Å². The Morgan fingerprint density at radius 3 is 2.35 bits per heavy atom. The second-order valence-electron chi connectivity index (χ2n) is 16.3. The normalized spacial score (nSPS) is 26.1. The third kappa shape index (κ3) is 9.82. The van der Waals surface area contributed by atoms with E-state index in [9.17, 15) is 9.59 Å².